The fourth-order valence-corrected chi connectivity index (χ4v) is 16.3. The monoisotopic (exact) mass is 1390 g/mol. The van der Waals surface area contributed by atoms with Crippen LogP contribution in [0.2, 0.25) is 0 Å². The minimum atomic E-state index is -0.210. The molecule has 0 aliphatic heterocycles. The van der Waals surface area contributed by atoms with Crippen molar-refractivity contribution in [2.24, 2.45) is 0 Å². The first-order chi connectivity index (χ1) is 46.5. The molecule has 0 saturated carbocycles. The molecule has 0 bridgehead atoms. The topological polar surface area (TPSA) is 45.7 Å². The molecule has 0 unspecified atom stereocenters. The standard InChI is InChI=1S/C95H125N2O4.ClH/c1-54-41-67(56(3)61-45-71(88(7,8)9)84(98-31)72(46-61)89(10,11)12)80(68(42-54)57(4)62-47-73(90(13,14)15)85(99-32)74(48-62)91(16,17)18)96-53-97(83-66-40-36-38-60-37-35-39-65(79(60)66)82(83)96)81-69(58(5)63-49-75(92(19,20)21)86(100-33)76(50-63)93(22,23)24)43-55(2)44-70(81)59(6)64-51-77(94(25,26)27)87(101-34)78(52-64)95(28,29)30;/h35-53,56-59H,1-34H3;1H/q+1;/p-1/t56-,57-,58-,59-;/m1./s1. The maximum Gasteiger partial charge on any atom is 0.255 e. The maximum atomic E-state index is 6.51. The number of nitrogens with zero attached hydrogens (tertiary/aromatic N) is 2. The Morgan fingerprint density at radius 3 is 0.833 bits per heavy atom. The molecule has 0 fully saturated rings. The third-order valence-electron chi connectivity index (χ3n) is 22.1. The molecular formula is C95H125ClN2O4. The Hall–Kier alpha value is -7.28. The van der Waals surface area contributed by atoms with Gasteiger partial charge >= 0.3 is 0 Å². The Bertz CT molecular complexity index is 4030. The van der Waals surface area contributed by atoms with Gasteiger partial charge in [0.1, 0.15) is 34.4 Å². The number of methoxy groups -OCH3 is 4. The molecule has 0 radical (unpaired) electrons. The first-order valence-electron chi connectivity index (χ1n) is 37.4. The number of ether oxygens (including phenoxy) is 4. The lowest BCUT2D eigenvalue weighted by Gasteiger charge is -2.32. The van der Waals surface area contributed by atoms with Crippen molar-refractivity contribution in [3.8, 4) is 56.9 Å². The SMILES string of the molecule is COc1c(C(C)(C)C)cc([C@@H](C)c2cc(C)cc([C@H](C)c3cc(C(C)(C)C)c(OC)c(C(C)(C)C)c3)c2-n2c[n+](-c3c([C@H](C)c4cc(C(C)(C)C)c(OC)c(C(C)(C)C)c4)cc(C)cc3[C@H](C)c3cc(C(C)(C)C)c(OC)c(C(C)(C)C)c3)c3c2-c2cccc4cccc-3c24)cc1C(C)(C)C.[Cl-]. The van der Waals surface area contributed by atoms with Gasteiger partial charge in [-0.05, 0) is 96.9 Å². The van der Waals surface area contributed by atoms with Crippen LogP contribution in [0.4, 0.5) is 0 Å². The lowest BCUT2D eigenvalue weighted by atomic mass is 9.75. The van der Waals surface area contributed by atoms with Crippen LogP contribution in [0.1, 0.15) is 318 Å². The molecule has 0 amide bonds. The zero-order valence-electron chi connectivity index (χ0n) is 69.2. The highest BCUT2D eigenvalue weighted by atomic mass is 35.5. The molecule has 0 N–H and O–H groups in total. The summed E-state index contributed by atoms with van der Waals surface area (Å²) in [6.45, 7) is 70.4. The Labute approximate surface area is 623 Å². The van der Waals surface area contributed by atoms with E-state index in [9.17, 15) is 0 Å². The molecule has 6 nitrogen and oxygen atoms in total. The highest BCUT2D eigenvalue weighted by Crippen LogP contribution is 2.54. The molecule has 1 aromatic heterocycles. The number of halogens is 1. The first-order valence-corrected chi connectivity index (χ1v) is 37.4. The summed E-state index contributed by atoms with van der Waals surface area (Å²) in [7, 11) is 7.40. The van der Waals surface area contributed by atoms with Crippen LogP contribution in [-0.4, -0.2) is 33.0 Å². The van der Waals surface area contributed by atoms with Gasteiger partial charge in [-0.3, -0.25) is 0 Å². The van der Waals surface area contributed by atoms with E-state index < -0.39 is 0 Å². The molecule has 7 heteroatoms. The van der Waals surface area contributed by atoms with E-state index in [2.05, 4.69) is 332 Å². The Morgan fingerprint density at radius 2 is 0.578 bits per heavy atom. The molecule has 102 heavy (non-hydrogen) atoms. The fourth-order valence-electron chi connectivity index (χ4n) is 16.3. The largest absolute Gasteiger partial charge is 1.00 e. The molecule has 1 aliphatic carbocycles. The fraction of sp³-hybridized carbons (Fsp3) is 0.484. The first kappa shape index (κ1) is 78.8. The average Bonchev–Trinajstić information content (AvgIpc) is 1.52. The van der Waals surface area contributed by atoms with E-state index in [4.69, 9.17) is 18.9 Å². The third-order valence-corrected chi connectivity index (χ3v) is 22.1. The number of hydrogen-bond acceptors (Lipinski definition) is 4. The highest BCUT2D eigenvalue weighted by molar-refractivity contribution is 6.13. The summed E-state index contributed by atoms with van der Waals surface area (Å²) in [6.07, 6.45) is 2.53. The maximum absolute atomic E-state index is 6.51. The summed E-state index contributed by atoms with van der Waals surface area (Å²) >= 11 is 0. The lowest BCUT2D eigenvalue weighted by Crippen LogP contribution is -3.00. The van der Waals surface area contributed by atoms with Crippen molar-refractivity contribution >= 4 is 10.8 Å². The average molecular weight is 1390 g/mol. The molecule has 546 valence electrons. The molecule has 0 saturated heterocycles. The van der Waals surface area contributed by atoms with Gasteiger partial charge in [0, 0.05) is 107 Å². The van der Waals surface area contributed by atoms with Crippen molar-refractivity contribution in [3.05, 3.63) is 216 Å². The molecule has 10 rings (SSSR count). The van der Waals surface area contributed by atoms with Gasteiger partial charge in [-0.1, -0.05) is 302 Å². The van der Waals surface area contributed by atoms with Crippen LogP contribution in [0, 0.1) is 13.8 Å². The van der Waals surface area contributed by atoms with Crippen molar-refractivity contribution in [1.82, 2.24) is 4.57 Å². The summed E-state index contributed by atoms with van der Waals surface area (Å²) in [5, 5.41) is 2.50. The second-order valence-corrected chi connectivity index (χ2v) is 38.3. The molecule has 1 heterocycles. The Morgan fingerprint density at radius 1 is 0.333 bits per heavy atom. The van der Waals surface area contributed by atoms with E-state index in [0.29, 0.717) is 0 Å². The zero-order chi connectivity index (χ0) is 75.0. The van der Waals surface area contributed by atoms with Gasteiger partial charge in [0.2, 0.25) is 0 Å². The number of aryl methyl sites for hydroxylation is 2. The minimum absolute atomic E-state index is 0. The van der Waals surface area contributed by atoms with Gasteiger partial charge in [0.25, 0.3) is 6.33 Å². The van der Waals surface area contributed by atoms with Gasteiger partial charge in [0.05, 0.1) is 28.4 Å². The van der Waals surface area contributed by atoms with Gasteiger partial charge in [-0.2, -0.15) is 9.13 Å². The van der Waals surface area contributed by atoms with E-state index in [1.165, 1.54) is 145 Å². The second-order valence-electron chi connectivity index (χ2n) is 38.3. The van der Waals surface area contributed by atoms with Crippen LogP contribution in [0.15, 0.2) is 116 Å². The van der Waals surface area contributed by atoms with E-state index in [-0.39, 0.29) is 79.4 Å². The number of hydrogen-bond donors (Lipinski definition) is 0. The molecule has 1 aliphatic rings. The van der Waals surface area contributed by atoms with Crippen molar-refractivity contribution < 1.29 is 35.9 Å². The zero-order valence-corrected chi connectivity index (χ0v) is 69.9. The predicted octanol–water partition coefficient (Wildman–Crippen LogP) is 22.2. The highest BCUT2D eigenvalue weighted by Gasteiger charge is 2.43. The Kier molecular flexibility index (Phi) is 21.1. The molecule has 9 aromatic rings. The number of aromatic nitrogens is 2. The quantitative estimate of drug-likeness (QED) is 0.102. The normalized spacial score (nSPS) is 14.3. The summed E-state index contributed by atoms with van der Waals surface area (Å²) < 4.78 is 31.4. The van der Waals surface area contributed by atoms with Crippen LogP contribution in [0.3, 0.4) is 0 Å². The summed E-state index contributed by atoms with van der Waals surface area (Å²) in [4.78, 5) is 0. The van der Waals surface area contributed by atoms with E-state index in [1.54, 1.807) is 0 Å². The Balaban J connectivity index is 0.0000121. The predicted molar refractivity (Wildman–Crippen MR) is 430 cm³/mol. The van der Waals surface area contributed by atoms with Gasteiger partial charge in [-0.25, -0.2) is 0 Å². The lowest BCUT2D eigenvalue weighted by molar-refractivity contribution is -0.584. The number of rotatable bonds is 14. The van der Waals surface area contributed by atoms with Crippen molar-refractivity contribution in [2.75, 3.05) is 28.4 Å². The van der Waals surface area contributed by atoms with E-state index >= 15 is 0 Å². The van der Waals surface area contributed by atoms with Gasteiger partial charge in [-0.15, -0.1) is 0 Å². The summed E-state index contributed by atoms with van der Waals surface area (Å²) in [6, 6.07) is 43.8. The van der Waals surface area contributed by atoms with Crippen LogP contribution >= 0.6 is 0 Å². The van der Waals surface area contributed by atoms with Crippen LogP contribution in [-0.2, 0) is 43.3 Å². The van der Waals surface area contributed by atoms with Crippen molar-refractivity contribution in [2.45, 2.75) is 275 Å². The van der Waals surface area contributed by atoms with Crippen LogP contribution < -0.4 is 35.9 Å². The number of benzene rings is 8. The van der Waals surface area contributed by atoms with Gasteiger partial charge in [0.15, 0.2) is 11.4 Å². The van der Waals surface area contributed by atoms with Crippen LogP contribution in [0.5, 0.6) is 23.0 Å². The van der Waals surface area contributed by atoms with Crippen molar-refractivity contribution in [3.63, 3.8) is 0 Å². The van der Waals surface area contributed by atoms with E-state index in [0.717, 1.165) is 23.0 Å². The number of imidazole rings is 1. The van der Waals surface area contributed by atoms with Crippen LogP contribution in [0.25, 0.3) is 44.7 Å². The molecule has 0 spiro atoms. The van der Waals surface area contributed by atoms with E-state index in [1.807, 2.05) is 28.4 Å². The molecule has 8 aromatic carbocycles. The molecule has 4 atom stereocenters. The molecular weight excluding hydrogens is 1270 g/mol. The van der Waals surface area contributed by atoms with Gasteiger partial charge < -0.3 is 31.4 Å². The number of fused-ring (bicyclic) bond motifs is 3. The third kappa shape index (κ3) is 14.4. The summed E-state index contributed by atoms with van der Waals surface area (Å²) in [5.74, 6) is 3.57. The summed E-state index contributed by atoms with van der Waals surface area (Å²) in [5.41, 5.74) is 27.8. The minimum Gasteiger partial charge on any atom is -1.00 e. The smallest absolute Gasteiger partial charge is 0.255 e. The second kappa shape index (κ2) is 27.3. The van der Waals surface area contributed by atoms with Crippen molar-refractivity contribution in [1.29, 1.82) is 0 Å².